The highest BCUT2D eigenvalue weighted by Gasteiger charge is 2.11. The summed E-state index contributed by atoms with van der Waals surface area (Å²) in [6.45, 7) is 3.29. The summed E-state index contributed by atoms with van der Waals surface area (Å²) in [5.41, 5.74) is 0. The molecule has 8 nitrogen and oxygen atoms in total. The van der Waals surface area contributed by atoms with Crippen molar-refractivity contribution < 1.29 is 4.79 Å². The number of carbonyl (C=O) groups excluding carboxylic acids is 1. The van der Waals surface area contributed by atoms with E-state index in [2.05, 4.69) is 36.0 Å². The number of nitrogens with zero attached hydrogens (tertiary/aromatic N) is 4. The summed E-state index contributed by atoms with van der Waals surface area (Å²) in [6.07, 6.45) is 3.01. The molecule has 0 atom stereocenters. The zero-order valence-corrected chi connectivity index (χ0v) is 11.3. The fraction of sp³-hybridized carbons (Fsp3) is 0.500. The molecule has 0 aromatic carbocycles. The molecule has 3 N–H and O–H groups in total. The van der Waals surface area contributed by atoms with Gasteiger partial charge in [0.05, 0.1) is 0 Å². The molecule has 0 aliphatic heterocycles. The van der Waals surface area contributed by atoms with Crippen LogP contribution < -0.4 is 10.6 Å². The predicted octanol–water partition coefficient (Wildman–Crippen LogP) is 0.451. The van der Waals surface area contributed by atoms with Gasteiger partial charge in [0.15, 0.2) is 0 Å². The number of hydrogen-bond donors (Lipinski definition) is 3. The first-order valence-corrected chi connectivity index (χ1v) is 6.81. The minimum atomic E-state index is -0.195. The van der Waals surface area contributed by atoms with Crippen LogP contribution in [-0.2, 0) is 6.42 Å². The van der Waals surface area contributed by atoms with Gasteiger partial charge in [-0.25, -0.2) is 4.98 Å². The standard InChI is InChI=1S/C10H15N7OS/c1-2-11-10-17-16-9(19-10)8(18)12-5-3-4-7-13-6-14-15-7/h6H,2-5H2,1H3,(H,11,17)(H,12,18)(H,13,14,15). The molecule has 2 rings (SSSR count). The molecule has 1 amide bonds. The van der Waals surface area contributed by atoms with Crippen molar-refractivity contribution in [3.05, 3.63) is 17.2 Å². The van der Waals surface area contributed by atoms with Crippen LogP contribution in [0.2, 0.25) is 0 Å². The summed E-state index contributed by atoms with van der Waals surface area (Å²) in [6, 6.07) is 0. The second kappa shape index (κ2) is 6.78. The molecule has 0 spiro atoms. The number of rotatable bonds is 7. The number of aromatic nitrogens is 5. The molecule has 19 heavy (non-hydrogen) atoms. The number of H-pyrrole nitrogens is 1. The molecule has 9 heteroatoms. The van der Waals surface area contributed by atoms with Crippen LogP contribution in [0.25, 0.3) is 0 Å². The molecule has 0 radical (unpaired) electrons. The van der Waals surface area contributed by atoms with Crippen molar-refractivity contribution in [1.29, 1.82) is 0 Å². The van der Waals surface area contributed by atoms with Gasteiger partial charge in [0, 0.05) is 19.5 Å². The van der Waals surface area contributed by atoms with Crippen molar-refractivity contribution in [2.45, 2.75) is 19.8 Å². The molecule has 0 aliphatic rings. The van der Waals surface area contributed by atoms with Crippen molar-refractivity contribution in [2.24, 2.45) is 0 Å². The minimum absolute atomic E-state index is 0.195. The summed E-state index contributed by atoms with van der Waals surface area (Å²) >= 11 is 1.25. The van der Waals surface area contributed by atoms with Crippen LogP contribution in [0.15, 0.2) is 6.33 Å². The fourth-order valence-corrected chi connectivity index (χ4v) is 2.15. The Morgan fingerprint density at radius 3 is 3.11 bits per heavy atom. The van der Waals surface area contributed by atoms with Crippen LogP contribution in [0.1, 0.15) is 29.0 Å². The normalized spacial score (nSPS) is 10.4. The summed E-state index contributed by atoms with van der Waals surface area (Å²) in [4.78, 5) is 15.8. The van der Waals surface area contributed by atoms with E-state index in [1.54, 1.807) is 0 Å². The Kier molecular flexibility index (Phi) is 4.78. The first-order valence-electron chi connectivity index (χ1n) is 5.99. The Hall–Kier alpha value is -2.03. The van der Waals surface area contributed by atoms with Gasteiger partial charge in [-0.05, 0) is 13.3 Å². The Morgan fingerprint density at radius 2 is 2.37 bits per heavy atom. The van der Waals surface area contributed by atoms with Gasteiger partial charge in [0.1, 0.15) is 12.2 Å². The number of aryl methyl sites for hydroxylation is 1. The predicted molar refractivity (Wildman–Crippen MR) is 71.1 cm³/mol. The fourth-order valence-electron chi connectivity index (χ4n) is 1.42. The monoisotopic (exact) mass is 281 g/mol. The Labute approximate surface area is 114 Å². The van der Waals surface area contributed by atoms with E-state index in [-0.39, 0.29) is 5.91 Å². The number of aromatic amines is 1. The molecule has 0 aliphatic carbocycles. The molecule has 0 bridgehead atoms. The lowest BCUT2D eigenvalue weighted by Crippen LogP contribution is -2.24. The van der Waals surface area contributed by atoms with Crippen molar-refractivity contribution in [3.63, 3.8) is 0 Å². The molecule has 102 valence electrons. The van der Waals surface area contributed by atoms with Gasteiger partial charge < -0.3 is 10.6 Å². The number of amides is 1. The Morgan fingerprint density at radius 1 is 1.47 bits per heavy atom. The second-order valence-electron chi connectivity index (χ2n) is 3.73. The summed E-state index contributed by atoms with van der Waals surface area (Å²) < 4.78 is 0. The van der Waals surface area contributed by atoms with Crippen LogP contribution in [0.4, 0.5) is 5.13 Å². The lowest BCUT2D eigenvalue weighted by molar-refractivity contribution is 0.0952. The molecular formula is C10H15N7OS. The zero-order chi connectivity index (χ0) is 13.5. The highest BCUT2D eigenvalue weighted by Crippen LogP contribution is 2.14. The number of hydrogen-bond acceptors (Lipinski definition) is 7. The summed E-state index contributed by atoms with van der Waals surface area (Å²) in [5, 5.41) is 21.1. The van der Waals surface area contributed by atoms with E-state index >= 15 is 0 Å². The zero-order valence-electron chi connectivity index (χ0n) is 10.5. The molecule has 0 saturated carbocycles. The van der Waals surface area contributed by atoms with Crippen LogP contribution in [-0.4, -0.2) is 44.4 Å². The van der Waals surface area contributed by atoms with E-state index in [0.29, 0.717) is 16.7 Å². The van der Waals surface area contributed by atoms with Gasteiger partial charge in [-0.2, -0.15) is 5.10 Å². The van der Waals surface area contributed by atoms with Crippen LogP contribution in [0.3, 0.4) is 0 Å². The van der Waals surface area contributed by atoms with Gasteiger partial charge in [-0.3, -0.25) is 9.89 Å². The average Bonchev–Trinajstić information content (AvgIpc) is 3.06. The quantitative estimate of drug-likeness (QED) is 0.636. The first-order chi connectivity index (χ1) is 9.29. The van der Waals surface area contributed by atoms with Gasteiger partial charge in [0.25, 0.3) is 5.91 Å². The Bertz CT molecular complexity index is 510. The van der Waals surface area contributed by atoms with E-state index in [9.17, 15) is 4.79 Å². The second-order valence-corrected chi connectivity index (χ2v) is 4.71. The molecule has 2 heterocycles. The number of carbonyl (C=O) groups is 1. The van der Waals surface area contributed by atoms with Gasteiger partial charge in [-0.1, -0.05) is 11.3 Å². The third-order valence-corrected chi connectivity index (χ3v) is 3.17. The highest BCUT2D eigenvalue weighted by molar-refractivity contribution is 7.17. The first kappa shape index (κ1) is 13.4. The third kappa shape index (κ3) is 3.98. The van der Waals surface area contributed by atoms with Crippen molar-refractivity contribution >= 4 is 22.4 Å². The molecule has 0 unspecified atom stereocenters. The van der Waals surface area contributed by atoms with Crippen LogP contribution >= 0.6 is 11.3 Å². The molecule has 0 saturated heterocycles. The van der Waals surface area contributed by atoms with Gasteiger partial charge in [0.2, 0.25) is 10.1 Å². The topological polar surface area (TPSA) is 108 Å². The van der Waals surface area contributed by atoms with Crippen molar-refractivity contribution in [1.82, 2.24) is 30.7 Å². The van der Waals surface area contributed by atoms with Crippen LogP contribution in [0, 0.1) is 0 Å². The summed E-state index contributed by atoms with van der Waals surface area (Å²) in [7, 11) is 0. The smallest absolute Gasteiger partial charge is 0.282 e. The summed E-state index contributed by atoms with van der Waals surface area (Å²) in [5.74, 6) is 0.624. The number of nitrogens with one attached hydrogen (secondary N) is 3. The maximum atomic E-state index is 11.8. The largest absolute Gasteiger partial charge is 0.360 e. The lowest BCUT2D eigenvalue weighted by Gasteiger charge is -2.00. The average molecular weight is 281 g/mol. The molecule has 2 aromatic rings. The maximum Gasteiger partial charge on any atom is 0.282 e. The SMILES string of the molecule is CCNc1nnc(C(=O)NCCCc2ncn[nH]2)s1. The third-order valence-electron chi connectivity index (χ3n) is 2.29. The van der Waals surface area contributed by atoms with E-state index in [4.69, 9.17) is 0 Å². The van der Waals surface area contributed by atoms with Gasteiger partial charge >= 0.3 is 0 Å². The lowest BCUT2D eigenvalue weighted by atomic mass is 10.3. The molecular weight excluding hydrogens is 266 g/mol. The highest BCUT2D eigenvalue weighted by atomic mass is 32.1. The maximum absolute atomic E-state index is 11.8. The van der Waals surface area contributed by atoms with Crippen molar-refractivity contribution in [2.75, 3.05) is 18.4 Å². The molecule has 0 fully saturated rings. The van der Waals surface area contributed by atoms with Crippen molar-refractivity contribution in [3.8, 4) is 0 Å². The van der Waals surface area contributed by atoms with Crippen LogP contribution in [0.5, 0.6) is 0 Å². The molecule has 2 aromatic heterocycles. The number of anilines is 1. The van der Waals surface area contributed by atoms with E-state index in [1.807, 2.05) is 6.92 Å². The minimum Gasteiger partial charge on any atom is -0.360 e. The van der Waals surface area contributed by atoms with E-state index < -0.39 is 0 Å². The van der Waals surface area contributed by atoms with Gasteiger partial charge in [-0.15, -0.1) is 10.2 Å². The van der Waals surface area contributed by atoms with E-state index in [1.165, 1.54) is 17.7 Å². The van der Waals surface area contributed by atoms with E-state index in [0.717, 1.165) is 25.2 Å². The Balaban J connectivity index is 1.71.